The third-order valence-electron chi connectivity index (χ3n) is 4.17. The third-order valence-corrected chi connectivity index (χ3v) is 4.17. The molecule has 0 heterocycles. The number of amides is 2. The van der Waals surface area contributed by atoms with E-state index in [9.17, 15) is 19.2 Å². The van der Waals surface area contributed by atoms with Gasteiger partial charge < -0.3 is 21.5 Å². The maximum atomic E-state index is 11.7. The molecule has 5 N–H and O–H groups in total. The minimum Gasteiger partial charge on any atom is -0.481 e. The molecule has 0 bridgehead atoms. The molecule has 0 aliphatic carbocycles. The maximum absolute atomic E-state index is 11.7. The molecule has 0 aliphatic rings. The average Bonchev–Trinajstić information content (AvgIpc) is 2.61. The number of primary amides is 1. The first-order chi connectivity index (χ1) is 13.0. The van der Waals surface area contributed by atoms with Crippen molar-refractivity contribution < 1.29 is 24.3 Å². The number of carbonyl (C=O) groups excluding carboxylic acids is 3. The summed E-state index contributed by atoms with van der Waals surface area (Å²) in [6, 6.07) is -0.356. The minimum absolute atomic E-state index is 0.0384. The van der Waals surface area contributed by atoms with Gasteiger partial charge in [0.15, 0.2) is 0 Å². The van der Waals surface area contributed by atoms with Gasteiger partial charge in [-0.15, -0.1) is 0 Å². The Morgan fingerprint density at radius 3 is 2.15 bits per heavy atom. The van der Waals surface area contributed by atoms with Gasteiger partial charge in [-0.25, -0.2) is 0 Å². The lowest BCUT2D eigenvalue weighted by atomic mass is 10.1. The van der Waals surface area contributed by atoms with Crippen molar-refractivity contribution in [3.8, 4) is 0 Å². The summed E-state index contributed by atoms with van der Waals surface area (Å²) in [4.78, 5) is 43.5. The zero-order valence-electron chi connectivity index (χ0n) is 16.1. The summed E-state index contributed by atoms with van der Waals surface area (Å²) in [5.41, 5.74) is 5.06. The number of hydrogen-bond acceptors (Lipinski definition) is 5. The van der Waals surface area contributed by atoms with Gasteiger partial charge >= 0.3 is 5.97 Å². The Bertz CT molecular complexity index is 443. The molecule has 0 rings (SSSR count). The van der Waals surface area contributed by atoms with Crippen LogP contribution in [0.2, 0.25) is 0 Å². The Labute approximate surface area is 161 Å². The summed E-state index contributed by atoms with van der Waals surface area (Å²) in [6.07, 6.45) is 9.96. The van der Waals surface area contributed by atoms with E-state index in [1.54, 1.807) is 0 Å². The molecule has 0 aliphatic heterocycles. The number of unbranched alkanes of at least 4 members (excludes halogenated alkanes) is 5. The molecule has 27 heavy (non-hydrogen) atoms. The SMILES string of the molecule is NC(=O)CCC[C@@H]([C]=O)NCCCCCCC(=O)NCCCCCC(=O)O. The largest absolute Gasteiger partial charge is 0.481 e. The van der Waals surface area contributed by atoms with Gasteiger partial charge in [0.25, 0.3) is 0 Å². The maximum Gasteiger partial charge on any atom is 0.303 e. The van der Waals surface area contributed by atoms with Crippen LogP contribution in [0.4, 0.5) is 0 Å². The Balaban J connectivity index is 3.44. The quantitative estimate of drug-likeness (QED) is 0.248. The van der Waals surface area contributed by atoms with Crippen molar-refractivity contribution in [3.05, 3.63) is 0 Å². The Kier molecular flexibility index (Phi) is 16.2. The van der Waals surface area contributed by atoms with E-state index >= 15 is 0 Å². The molecule has 0 aromatic heterocycles. The van der Waals surface area contributed by atoms with Crippen molar-refractivity contribution >= 4 is 24.1 Å². The number of hydrogen-bond donors (Lipinski definition) is 4. The molecular weight excluding hydrogens is 350 g/mol. The zero-order valence-corrected chi connectivity index (χ0v) is 16.1. The molecule has 155 valence electrons. The number of carboxylic acids is 1. The Morgan fingerprint density at radius 1 is 0.852 bits per heavy atom. The summed E-state index contributed by atoms with van der Waals surface area (Å²) in [5, 5.41) is 14.5. The first-order valence-electron chi connectivity index (χ1n) is 9.83. The van der Waals surface area contributed by atoms with Crippen molar-refractivity contribution in [1.82, 2.24) is 10.6 Å². The van der Waals surface area contributed by atoms with Gasteiger partial charge in [0.05, 0.1) is 6.04 Å². The second-order valence-electron chi connectivity index (χ2n) is 6.70. The fourth-order valence-corrected chi connectivity index (χ4v) is 2.62. The van der Waals surface area contributed by atoms with Crippen LogP contribution < -0.4 is 16.4 Å². The van der Waals surface area contributed by atoms with Gasteiger partial charge in [-0.05, 0) is 45.1 Å². The molecule has 0 aromatic rings. The number of rotatable bonds is 19. The zero-order chi connectivity index (χ0) is 20.3. The smallest absolute Gasteiger partial charge is 0.303 e. The lowest BCUT2D eigenvalue weighted by Crippen LogP contribution is -2.31. The molecule has 1 radical (unpaired) electrons. The van der Waals surface area contributed by atoms with Gasteiger partial charge in [0.1, 0.15) is 0 Å². The second kappa shape index (κ2) is 17.5. The van der Waals surface area contributed by atoms with Crippen LogP contribution in [0.3, 0.4) is 0 Å². The minimum atomic E-state index is -0.780. The first-order valence-corrected chi connectivity index (χ1v) is 9.83. The topological polar surface area (TPSA) is 139 Å². The molecule has 0 aromatic carbocycles. The first kappa shape index (κ1) is 25.0. The predicted octanol–water partition coefficient (Wildman–Crippen LogP) is 1.42. The fourth-order valence-electron chi connectivity index (χ4n) is 2.62. The molecule has 0 spiro atoms. The van der Waals surface area contributed by atoms with Crippen molar-refractivity contribution in [3.63, 3.8) is 0 Å². The fraction of sp³-hybridized carbons (Fsp3) is 0.789. The molecule has 8 heteroatoms. The standard InChI is InChI=1S/C19H34N3O5/c20-17(24)10-8-9-16(15-23)21-13-6-2-1-4-11-18(25)22-14-7-3-5-12-19(26)27/h16,21H,1-14H2,(H2,20,24)(H,22,25)(H,26,27)/t16-/m0/s1. The normalized spacial score (nSPS) is 11.7. The third kappa shape index (κ3) is 18.6. The van der Waals surface area contributed by atoms with Crippen molar-refractivity contribution in [2.45, 2.75) is 83.1 Å². The number of aliphatic carboxylic acids is 1. The van der Waals surface area contributed by atoms with Crippen molar-refractivity contribution in [2.75, 3.05) is 13.1 Å². The number of carbonyl (C=O) groups is 3. The second-order valence-corrected chi connectivity index (χ2v) is 6.70. The lowest BCUT2D eigenvalue weighted by molar-refractivity contribution is -0.137. The summed E-state index contributed by atoms with van der Waals surface area (Å²) in [6.45, 7) is 1.31. The van der Waals surface area contributed by atoms with Crippen LogP contribution >= 0.6 is 0 Å². The van der Waals surface area contributed by atoms with Crippen LogP contribution in [-0.4, -0.2) is 48.3 Å². The van der Waals surface area contributed by atoms with Crippen LogP contribution in [-0.2, 0) is 19.2 Å². The van der Waals surface area contributed by atoms with Gasteiger partial charge in [0, 0.05) is 25.8 Å². The molecule has 0 fully saturated rings. The number of nitrogens with one attached hydrogen (secondary N) is 2. The molecule has 2 amide bonds. The highest BCUT2D eigenvalue weighted by atomic mass is 16.4. The van der Waals surface area contributed by atoms with E-state index in [2.05, 4.69) is 10.6 Å². The summed E-state index contributed by atoms with van der Waals surface area (Å²) in [7, 11) is 0. The predicted molar refractivity (Wildman–Crippen MR) is 103 cm³/mol. The number of nitrogens with two attached hydrogens (primary N) is 1. The highest BCUT2D eigenvalue weighted by Crippen LogP contribution is 2.04. The van der Waals surface area contributed by atoms with Crippen LogP contribution in [0.1, 0.15) is 77.0 Å². The molecule has 0 saturated heterocycles. The average molecular weight is 384 g/mol. The van der Waals surface area contributed by atoms with E-state index in [4.69, 9.17) is 10.8 Å². The highest BCUT2D eigenvalue weighted by molar-refractivity contribution is 5.75. The van der Waals surface area contributed by atoms with Crippen LogP contribution in [0.5, 0.6) is 0 Å². The highest BCUT2D eigenvalue weighted by Gasteiger charge is 2.08. The summed E-state index contributed by atoms with van der Waals surface area (Å²) < 4.78 is 0. The van der Waals surface area contributed by atoms with E-state index in [0.717, 1.165) is 38.5 Å². The van der Waals surface area contributed by atoms with E-state index in [1.165, 1.54) is 0 Å². The van der Waals surface area contributed by atoms with Crippen LogP contribution in [0.15, 0.2) is 0 Å². The van der Waals surface area contributed by atoms with Crippen molar-refractivity contribution in [2.24, 2.45) is 5.73 Å². The lowest BCUT2D eigenvalue weighted by Gasteiger charge is -2.11. The van der Waals surface area contributed by atoms with Gasteiger partial charge in [-0.2, -0.15) is 0 Å². The van der Waals surface area contributed by atoms with Crippen LogP contribution in [0.25, 0.3) is 0 Å². The van der Waals surface area contributed by atoms with Gasteiger partial charge in [-0.3, -0.25) is 19.2 Å². The van der Waals surface area contributed by atoms with E-state index < -0.39 is 5.97 Å². The van der Waals surface area contributed by atoms with E-state index in [-0.39, 0.29) is 30.7 Å². The molecule has 0 unspecified atom stereocenters. The monoisotopic (exact) mass is 384 g/mol. The van der Waals surface area contributed by atoms with Crippen LogP contribution in [0, 0.1) is 0 Å². The van der Waals surface area contributed by atoms with E-state index in [1.807, 2.05) is 6.29 Å². The molecule has 0 saturated carbocycles. The Morgan fingerprint density at radius 2 is 1.48 bits per heavy atom. The summed E-state index contributed by atoms with van der Waals surface area (Å²) in [5.74, 6) is -1.10. The van der Waals surface area contributed by atoms with E-state index in [0.29, 0.717) is 38.8 Å². The molecule has 8 nitrogen and oxygen atoms in total. The summed E-state index contributed by atoms with van der Waals surface area (Å²) >= 11 is 0. The molecule has 1 atom stereocenters. The van der Waals surface area contributed by atoms with Gasteiger partial charge in [-0.1, -0.05) is 19.3 Å². The van der Waals surface area contributed by atoms with Gasteiger partial charge in [0.2, 0.25) is 18.1 Å². The number of carboxylic acid groups (broad SMARTS) is 1. The van der Waals surface area contributed by atoms with Crippen molar-refractivity contribution in [1.29, 1.82) is 0 Å². The molecular formula is C19H34N3O5. The Hall–Kier alpha value is -1.96.